The van der Waals surface area contributed by atoms with Crippen molar-refractivity contribution >= 4 is 17.6 Å². The second-order valence-electron chi connectivity index (χ2n) is 6.94. The van der Waals surface area contributed by atoms with E-state index in [1.807, 2.05) is 9.80 Å². The van der Waals surface area contributed by atoms with Gasteiger partial charge < -0.3 is 23.9 Å². The molecule has 3 heterocycles. The number of rotatable bonds is 3. The number of alkyl halides is 3. The predicted octanol–water partition coefficient (Wildman–Crippen LogP) is 2.49. The fourth-order valence-corrected chi connectivity index (χ4v) is 3.47. The number of ether oxygens (including phenoxy) is 1. The third-order valence-electron chi connectivity index (χ3n) is 5.10. The van der Waals surface area contributed by atoms with E-state index in [9.17, 15) is 18.0 Å². The van der Waals surface area contributed by atoms with E-state index in [1.165, 1.54) is 12.3 Å². The van der Waals surface area contributed by atoms with Gasteiger partial charge in [-0.2, -0.15) is 18.2 Å². The van der Waals surface area contributed by atoms with Crippen LogP contribution in [0.4, 0.5) is 24.9 Å². The fourth-order valence-electron chi connectivity index (χ4n) is 3.47. The van der Waals surface area contributed by atoms with Gasteiger partial charge in [0.1, 0.15) is 6.26 Å². The van der Waals surface area contributed by atoms with E-state index in [2.05, 4.69) is 4.98 Å². The summed E-state index contributed by atoms with van der Waals surface area (Å²) in [6.07, 6.45) is -3.02. The number of anilines is 2. The van der Waals surface area contributed by atoms with Crippen molar-refractivity contribution in [3.63, 3.8) is 0 Å². The molecule has 7 nitrogen and oxygen atoms in total. The van der Waals surface area contributed by atoms with Gasteiger partial charge in [-0.1, -0.05) is 6.07 Å². The zero-order valence-electron chi connectivity index (χ0n) is 15.7. The van der Waals surface area contributed by atoms with Crippen LogP contribution in [0.1, 0.15) is 16.1 Å². The average molecular weight is 410 g/mol. The van der Waals surface area contributed by atoms with Gasteiger partial charge in [0.15, 0.2) is 5.69 Å². The highest BCUT2D eigenvalue weighted by Crippen LogP contribution is 2.32. The first kappa shape index (κ1) is 19.6. The topological polar surface area (TPSA) is 62.1 Å². The van der Waals surface area contributed by atoms with Crippen LogP contribution in [0.2, 0.25) is 0 Å². The Morgan fingerprint density at radius 1 is 1.00 bits per heavy atom. The van der Waals surface area contributed by atoms with Crippen molar-refractivity contribution < 1.29 is 27.1 Å². The number of carbonyl (C=O) groups excluding carboxylic acids is 1. The lowest BCUT2D eigenvalue weighted by atomic mass is 10.1. The Hall–Kier alpha value is -2.75. The first-order valence-electron chi connectivity index (χ1n) is 9.41. The molecule has 0 N–H and O–H groups in total. The van der Waals surface area contributed by atoms with Gasteiger partial charge >= 0.3 is 6.18 Å². The molecule has 1 aromatic heterocycles. The quantitative estimate of drug-likeness (QED) is 0.775. The van der Waals surface area contributed by atoms with Crippen LogP contribution in [0.3, 0.4) is 0 Å². The Bertz CT molecular complexity index is 856. The number of morpholine rings is 1. The van der Waals surface area contributed by atoms with Crippen molar-refractivity contribution in [3.05, 3.63) is 41.8 Å². The Balaban J connectivity index is 1.37. The van der Waals surface area contributed by atoms with E-state index < -0.39 is 11.7 Å². The molecular formula is C19H21F3N4O3. The minimum atomic E-state index is -4.38. The van der Waals surface area contributed by atoms with Crippen molar-refractivity contribution in [2.75, 3.05) is 62.3 Å². The number of hydrogen-bond acceptors (Lipinski definition) is 6. The minimum absolute atomic E-state index is 0.235. The number of oxazole rings is 1. The number of benzene rings is 1. The van der Waals surface area contributed by atoms with Crippen LogP contribution < -0.4 is 9.80 Å². The number of hydrogen-bond donors (Lipinski definition) is 0. The zero-order chi connectivity index (χ0) is 20.4. The van der Waals surface area contributed by atoms with Gasteiger partial charge in [0.2, 0.25) is 0 Å². The van der Waals surface area contributed by atoms with Crippen molar-refractivity contribution in [3.8, 4) is 0 Å². The summed E-state index contributed by atoms with van der Waals surface area (Å²) in [5.41, 5.74) is 0.0636. The fraction of sp³-hybridized carbons (Fsp3) is 0.474. The van der Waals surface area contributed by atoms with Crippen LogP contribution in [0.5, 0.6) is 0 Å². The molecule has 156 valence electrons. The first-order valence-corrected chi connectivity index (χ1v) is 9.41. The van der Waals surface area contributed by atoms with Gasteiger partial charge in [-0.25, -0.2) is 0 Å². The van der Waals surface area contributed by atoms with E-state index in [-0.39, 0.29) is 11.6 Å². The summed E-state index contributed by atoms with van der Waals surface area (Å²) in [6.45, 7) is 4.17. The highest BCUT2D eigenvalue weighted by atomic mass is 19.4. The molecular weight excluding hydrogens is 389 g/mol. The molecule has 1 aromatic carbocycles. The van der Waals surface area contributed by atoms with E-state index in [0.29, 0.717) is 64.2 Å². The van der Waals surface area contributed by atoms with Crippen molar-refractivity contribution in [1.82, 2.24) is 9.88 Å². The molecule has 2 aliphatic heterocycles. The third kappa shape index (κ3) is 4.31. The average Bonchev–Trinajstić information content (AvgIpc) is 3.24. The van der Waals surface area contributed by atoms with Gasteiger partial charge in [-0.3, -0.25) is 4.79 Å². The van der Waals surface area contributed by atoms with Crippen molar-refractivity contribution in [1.29, 1.82) is 0 Å². The SMILES string of the molecule is O=C(c1coc(N2CCOCC2)n1)N1CCN(c2cccc(C(F)(F)F)c2)CC1. The summed E-state index contributed by atoms with van der Waals surface area (Å²) >= 11 is 0. The highest BCUT2D eigenvalue weighted by Gasteiger charge is 2.31. The van der Waals surface area contributed by atoms with E-state index in [4.69, 9.17) is 9.15 Å². The number of carbonyl (C=O) groups is 1. The molecule has 4 rings (SSSR count). The van der Waals surface area contributed by atoms with Gasteiger partial charge in [-0.15, -0.1) is 0 Å². The Morgan fingerprint density at radius 3 is 2.41 bits per heavy atom. The maximum Gasteiger partial charge on any atom is 0.416 e. The number of aromatic nitrogens is 1. The van der Waals surface area contributed by atoms with Crippen molar-refractivity contribution in [2.45, 2.75) is 6.18 Å². The molecule has 0 aliphatic carbocycles. The van der Waals surface area contributed by atoms with E-state index in [1.54, 1.807) is 11.0 Å². The van der Waals surface area contributed by atoms with Crippen molar-refractivity contribution in [2.24, 2.45) is 0 Å². The Labute approximate surface area is 165 Å². The van der Waals surface area contributed by atoms with E-state index in [0.717, 1.165) is 12.1 Å². The summed E-state index contributed by atoms with van der Waals surface area (Å²) in [5.74, 6) is -0.239. The lowest BCUT2D eigenvalue weighted by molar-refractivity contribution is -0.137. The van der Waals surface area contributed by atoms with Gasteiger partial charge in [0.25, 0.3) is 11.9 Å². The molecule has 0 unspecified atom stereocenters. The van der Waals surface area contributed by atoms with Crippen LogP contribution in [0.25, 0.3) is 0 Å². The largest absolute Gasteiger partial charge is 0.431 e. The number of piperazine rings is 1. The molecule has 1 amide bonds. The molecule has 2 saturated heterocycles. The Kier molecular flexibility index (Phi) is 5.35. The summed E-state index contributed by atoms with van der Waals surface area (Å²) in [6, 6.07) is 5.65. The standard InChI is InChI=1S/C19H21F3N4O3/c20-19(21,22)14-2-1-3-15(12-14)24-4-6-25(7-5-24)17(27)16-13-29-18(23-16)26-8-10-28-11-9-26/h1-3,12-13H,4-11H2. The minimum Gasteiger partial charge on any atom is -0.431 e. The Morgan fingerprint density at radius 2 is 1.72 bits per heavy atom. The van der Waals surface area contributed by atoms with E-state index >= 15 is 0 Å². The van der Waals surface area contributed by atoms with Gasteiger partial charge in [0.05, 0.1) is 18.8 Å². The van der Waals surface area contributed by atoms with Crippen LogP contribution in [0.15, 0.2) is 34.9 Å². The summed E-state index contributed by atoms with van der Waals surface area (Å²) in [7, 11) is 0. The van der Waals surface area contributed by atoms with Gasteiger partial charge in [0, 0.05) is 45.0 Å². The second-order valence-corrected chi connectivity index (χ2v) is 6.94. The molecule has 29 heavy (non-hydrogen) atoms. The molecule has 0 bridgehead atoms. The molecule has 0 spiro atoms. The monoisotopic (exact) mass is 410 g/mol. The maximum atomic E-state index is 12.9. The molecule has 2 fully saturated rings. The number of amides is 1. The maximum absolute atomic E-state index is 12.9. The molecule has 0 radical (unpaired) electrons. The lowest BCUT2D eigenvalue weighted by Crippen LogP contribution is -2.49. The number of nitrogens with zero attached hydrogens (tertiary/aromatic N) is 4. The smallest absolute Gasteiger partial charge is 0.416 e. The normalized spacial score (nSPS) is 18.2. The molecule has 10 heteroatoms. The van der Waals surface area contributed by atoms with Gasteiger partial charge in [-0.05, 0) is 18.2 Å². The predicted molar refractivity (Wildman–Crippen MR) is 99.1 cm³/mol. The molecule has 0 saturated carbocycles. The lowest BCUT2D eigenvalue weighted by Gasteiger charge is -2.36. The summed E-state index contributed by atoms with van der Waals surface area (Å²) in [5, 5.41) is 0. The van der Waals surface area contributed by atoms with Crippen LogP contribution >= 0.6 is 0 Å². The highest BCUT2D eigenvalue weighted by molar-refractivity contribution is 5.92. The summed E-state index contributed by atoms with van der Waals surface area (Å²) < 4.78 is 49.5. The molecule has 2 aromatic rings. The molecule has 0 atom stereocenters. The first-order chi connectivity index (χ1) is 13.9. The second kappa shape index (κ2) is 7.94. The van der Waals surface area contributed by atoms with Crippen LogP contribution in [-0.4, -0.2) is 68.3 Å². The molecule has 2 aliphatic rings. The zero-order valence-corrected chi connectivity index (χ0v) is 15.7. The summed E-state index contributed by atoms with van der Waals surface area (Å²) in [4.78, 5) is 22.4. The number of halogens is 3. The van der Waals surface area contributed by atoms with Crippen LogP contribution in [-0.2, 0) is 10.9 Å². The third-order valence-corrected chi connectivity index (χ3v) is 5.10. The van der Waals surface area contributed by atoms with Crippen LogP contribution in [0, 0.1) is 0 Å².